The molecule has 2 aromatic rings. The van der Waals surface area contributed by atoms with Crippen LogP contribution in [-0.4, -0.2) is 37.6 Å². The number of aromatic amines is 1. The van der Waals surface area contributed by atoms with Crippen molar-refractivity contribution in [3.05, 3.63) is 47.3 Å². The summed E-state index contributed by atoms with van der Waals surface area (Å²) in [6, 6.07) is 8.35. The fraction of sp³-hybridized carbons (Fsp3) is 0.375. The number of rotatable bonds is 7. The smallest absolute Gasteiger partial charge is 0.271 e. The normalized spacial score (nSPS) is 14.5. The van der Waals surface area contributed by atoms with E-state index in [4.69, 9.17) is 0 Å². The lowest BCUT2D eigenvalue weighted by Crippen LogP contribution is -2.34. The first-order chi connectivity index (χ1) is 11.5. The second-order valence-electron chi connectivity index (χ2n) is 5.95. The monoisotopic (exact) mass is 348 g/mol. The number of nitrogens with one attached hydrogen (secondary N) is 3. The van der Waals surface area contributed by atoms with Gasteiger partial charge in [-0.05, 0) is 38.0 Å². The Morgan fingerprint density at radius 2 is 1.96 bits per heavy atom. The van der Waals surface area contributed by atoms with Gasteiger partial charge in [-0.2, -0.15) is 5.10 Å². The van der Waals surface area contributed by atoms with E-state index in [1.165, 1.54) is 0 Å². The molecule has 3 N–H and O–H groups in total. The first-order valence-electron chi connectivity index (χ1n) is 7.85. The van der Waals surface area contributed by atoms with Crippen molar-refractivity contribution in [1.82, 2.24) is 20.2 Å². The van der Waals surface area contributed by atoms with Crippen LogP contribution in [0, 0.1) is 6.92 Å². The number of carbonyl (C=O) groups is 1. The minimum Gasteiger partial charge on any atom is -0.349 e. The van der Waals surface area contributed by atoms with Crippen LogP contribution < -0.4 is 10.0 Å². The number of hydrogen-bond acceptors (Lipinski definition) is 4. The summed E-state index contributed by atoms with van der Waals surface area (Å²) in [7, 11) is -3.56. The zero-order valence-electron chi connectivity index (χ0n) is 13.4. The summed E-state index contributed by atoms with van der Waals surface area (Å²) in [5.74, 6) is 0.188. The number of sulfonamides is 1. The zero-order valence-corrected chi connectivity index (χ0v) is 14.2. The van der Waals surface area contributed by atoms with Crippen LogP contribution in [-0.2, 0) is 10.0 Å². The van der Waals surface area contributed by atoms with Crippen LogP contribution in [0.1, 0.15) is 40.5 Å². The SMILES string of the molecule is Cc1ccc(S(=O)(=O)NCCNC(=O)c2cc(C3CC3)[nH]n2)cc1. The number of H-pyrrole nitrogens is 1. The van der Waals surface area contributed by atoms with E-state index in [9.17, 15) is 13.2 Å². The molecular weight excluding hydrogens is 328 g/mol. The number of nitrogens with zero attached hydrogens (tertiary/aromatic N) is 1. The van der Waals surface area contributed by atoms with Crippen molar-refractivity contribution in [3.63, 3.8) is 0 Å². The number of aryl methyl sites for hydroxylation is 1. The second-order valence-corrected chi connectivity index (χ2v) is 7.72. The standard InChI is InChI=1S/C16H20N4O3S/c1-11-2-6-13(7-3-11)24(22,23)18-9-8-17-16(21)15-10-14(19-20-15)12-4-5-12/h2-3,6-7,10,12,18H,4-5,8-9H2,1H3,(H,17,21)(H,19,20). The third-order valence-corrected chi connectivity index (χ3v) is 5.36. The molecule has 0 atom stereocenters. The van der Waals surface area contributed by atoms with E-state index in [1.54, 1.807) is 30.3 Å². The van der Waals surface area contributed by atoms with E-state index in [0.29, 0.717) is 11.6 Å². The molecule has 1 heterocycles. The van der Waals surface area contributed by atoms with Crippen LogP contribution in [0.25, 0.3) is 0 Å². The molecule has 1 aromatic carbocycles. The predicted molar refractivity (Wildman–Crippen MR) is 89.3 cm³/mol. The highest BCUT2D eigenvalue weighted by Gasteiger charge is 2.26. The average Bonchev–Trinajstić information content (AvgIpc) is 3.29. The highest BCUT2D eigenvalue weighted by Crippen LogP contribution is 2.38. The van der Waals surface area contributed by atoms with Gasteiger partial charge < -0.3 is 5.32 Å². The van der Waals surface area contributed by atoms with Crippen LogP contribution in [0.15, 0.2) is 35.2 Å². The molecule has 1 aliphatic rings. The number of amides is 1. The van der Waals surface area contributed by atoms with Crippen LogP contribution in [0.5, 0.6) is 0 Å². The molecule has 0 spiro atoms. The van der Waals surface area contributed by atoms with E-state index in [-0.39, 0.29) is 23.9 Å². The molecule has 1 saturated carbocycles. The Morgan fingerprint density at radius 1 is 1.25 bits per heavy atom. The number of carbonyl (C=O) groups excluding carboxylic acids is 1. The molecule has 1 amide bonds. The van der Waals surface area contributed by atoms with Crippen molar-refractivity contribution in [1.29, 1.82) is 0 Å². The van der Waals surface area contributed by atoms with Crippen molar-refractivity contribution in [2.45, 2.75) is 30.6 Å². The topological polar surface area (TPSA) is 104 Å². The van der Waals surface area contributed by atoms with E-state index in [0.717, 1.165) is 24.1 Å². The molecule has 0 saturated heterocycles. The number of benzene rings is 1. The average molecular weight is 348 g/mol. The third kappa shape index (κ3) is 4.01. The van der Waals surface area contributed by atoms with Crippen LogP contribution in [0.2, 0.25) is 0 Å². The quantitative estimate of drug-likeness (QED) is 0.656. The molecule has 7 nitrogen and oxygen atoms in total. The molecule has 1 fully saturated rings. The van der Waals surface area contributed by atoms with Crippen LogP contribution >= 0.6 is 0 Å². The summed E-state index contributed by atoms with van der Waals surface area (Å²) in [6.45, 7) is 2.19. The van der Waals surface area contributed by atoms with Crippen molar-refractivity contribution in [2.75, 3.05) is 13.1 Å². The Hall–Kier alpha value is -2.19. The molecule has 1 aliphatic carbocycles. The van der Waals surface area contributed by atoms with Gasteiger partial charge in [-0.25, -0.2) is 13.1 Å². The van der Waals surface area contributed by atoms with Crippen molar-refractivity contribution >= 4 is 15.9 Å². The largest absolute Gasteiger partial charge is 0.349 e. The van der Waals surface area contributed by atoms with Gasteiger partial charge in [-0.3, -0.25) is 9.89 Å². The Labute approximate surface area is 140 Å². The molecule has 0 unspecified atom stereocenters. The minimum atomic E-state index is -3.56. The maximum Gasteiger partial charge on any atom is 0.271 e. The molecule has 3 rings (SSSR count). The number of aromatic nitrogens is 2. The Kier molecular flexibility index (Phi) is 4.68. The molecule has 24 heavy (non-hydrogen) atoms. The van der Waals surface area contributed by atoms with Crippen LogP contribution in [0.4, 0.5) is 0 Å². The first kappa shape index (κ1) is 16.7. The first-order valence-corrected chi connectivity index (χ1v) is 9.34. The molecular formula is C16H20N4O3S. The van der Waals surface area contributed by atoms with E-state index < -0.39 is 10.0 Å². The van der Waals surface area contributed by atoms with Gasteiger partial charge in [-0.15, -0.1) is 0 Å². The molecule has 8 heteroatoms. The van der Waals surface area contributed by atoms with E-state index in [2.05, 4.69) is 20.2 Å². The van der Waals surface area contributed by atoms with Gasteiger partial charge in [0.15, 0.2) is 0 Å². The lowest BCUT2D eigenvalue weighted by molar-refractivity contribution is 0.0949. The maximum atomic E-state index is 12.1. The Morgan fingerprint density at radius 3 is 2.62 bits per heavy atom. The number of hydrogen-bond donors (Lipinski definition) is 3. The van der Waals surface area contributed by atoms with Gasteiger partial charge >= 0.3 is 0 Å². The lowest BCUT2D eigenvalue weighted by atomic mass is 10.2. The lowest BCUT2D eigenvalue weighted by Gasteiger charge is -2.07. The molecule has 0 radical (unpaired) electrons. The zero-order chi connectivity index (χ0) is 17.2. The predicted octanol–water partition coefficient (Wildman–Crippen LogP) is 1.30. The Balaban J connectivity index is 1.47. The molecule has 128 valence electrons. The van der Waals surface area contributed by atoms with Crippen LogP contribution in [0.3, 0.4) is 0 Å². The summed E-state index contributed by atoms with van der Waals surface area (Å²) in [6.07, 6.45) is 2.26. The molecule has 1 aromatic heterocycles. The second kappa shape index (κ2) is 6.74. The fourth-order valence-corrected chi connectivity index (χ4v) is 3.34. The third-order valence-electron chi connectivity index (χ3n) is 3.88. The van der Waals surface area contributed by atoms with E-state index >= 15 is 0 Å². The minimum absolute atomic E-state index is 0.113. The van der Waals surface area contributed by atoms with Gasteiger partial charge in [0.05, 0.1) is 4.90 Å². The van der Waals surface area contributed by atoms with Gasteiger partial charge in [0.25, 0.3) is 5.91 Å². The van der Waals surface area contributed by atoms with Crippen molar-refractivity contribution < 1.29 is 13.2 Å². The summed E-state index contributed by atoms with van der Waals surface area (Å²) < 4.78 is 26.7. The molecule has 0 bridgehead atoms. The summed E-state index contributed by atoms with van der Waals surface area (Å²) in [5, 5.41) is 9.51. The highest BCUT2D eigenvalue weighted by molar-refractivity contribution is 7.89. The summed E-state index contributed by atoms with van der Waals surface area (Å²) in [5.41, 5.74) is 2.31. The van der Waals surface area contributed by atoms with Crippen molar-refractivity contribution in [3.8, 4) is 0 Å². The van der Waals surface area contributed by atoms with Gasteiger partial charge in [0.1, 0.15) is 5.69 Å². The summed E-state index contributed by atoms with van der Waals surface area (Å²) >= 11 is 0. The summed E-state index contributed by atoms with van der Waals surface area (Å²) in [4.78, 5) is 12.2. The van der Waals surface area contributed by atoms with Gasteiger partial charge in [0, 0.05) is 24.7 Å². The fourth-order valence-electron chi connectivity index (χ4n) is 2.31. The Bertz CT molecular complexity index is 823. The highest BCUT2D eigenvalue weighted by atomic mass is 32.2. The van der Waals surface area contributed by atoms with Gasteiger partial charge in [0.2, 0.25) is 10.0 Å². The van der Waals surface area contributed by atoms with E-state index in [1.807, 2.05) is 6.92 Å². The maximum absolute atomic E-state index is 12.1. The molecule has 0 aliphatic heterocycles. The van der Waals surface area contributed by atoms with Gasteiger partial charge in [-0.1, -0.05) is 17.7 Å². The van der Waals surface area contributed by atoms with Crippen molar-refractivity contribution in [2.24, 2.45) is 0 Å².